The Morgan fingerprint density at radius 1 is 1.53 bits per heavy atom. The number of thiazole rings is 1. The minimum Gasteiger partial charge on any atom is -0.367 e. The Hall–Kier alpha value is -1.51. The van der Waals surface area contributed by atoms with Crippen LogP contribution in [0.3, 0.4) is 0 Å². The summed E-state index contributed by atoms with van der Waals surface area (Å²) < 4.78 is 5.66. The van der Waals surface area contributed by atoms with Crippen LogP contribution in [0.15, 0.2) is 17.8 Å². The van der Waals surface area contributed by atoms with Gasteiger partial charge in [-0.3, -0.25) is 4.79 Å². The van der Waals surface area contributed by atoms with Gasteiger partial charge in [-0.15, -0.1) is 11.3 Å². The number of rotatable bonds is 2. The van der Waals surface area contributed by atoms with Crippen molar-refractivity contribution in [2.45, 2.75) is 32.8 Å². The summed E-state index contributed by atoms with van der Waals surface area (Å²) in [5.74, 6) is -0.129. The van der Waals surface area contributed by atoms with Crippen LogP contribution < -0.4 is 0 Å². The van der Waals surface area contributed by atoms with Gasteiger partial charge in [0, 0.05) is 23.6 Å². The molecule has 0 saturated carbocycles. The second kappa shape index (κ2) is 4.55. The molecule has 0 bridgehead atoms. The molecular formula is C14H16N2O2S. The number of nitrogens with zero attached hydrogens (tertiary/aromatic N) is 2. The van der Waals surface area contributed by atoms with Crippen LogP contribution in [0.2, 0.25) is 0 Å². The van der Waals surface area contributed by atoms with E-state index < -0.39 is 11.0 Å². The molecule has 0 amide bonds. The fourth-order valence-electron chi connectivity index (χ4n) is 2.44. The maximum absolute atomic E-state index is 12.2. The zero-order chi connectivity index (χ0) is 14.3. The molecule has 1 heterocycles. The number of hydrogen-bond acceptors (Lipinski definition) is 5. The third-order valence-corrected chi connectivity index (χ3v) is 4.48. The van der Waals surface area contributed by atoms with E-state index in [-0.39, 0.29) is 11.4 Å². The number of aromatic nitrogens is 1. The number of aryl methyl sites for hydroxylation is 1. The first kappa shape index (κ1) is 13.9. The summed E-state index contributed by atoms with van der Waals surface area (Å²) in [7, 11) is 1.59. The van der Waals surface area contributed by atoms with Crippen LogP contribution in [0.25, 0.3) is 0 Å². The van der Waals surface area contributed by atoms with Gasteiger partial charge in [0.2, 0.25) is 0 Å². The first-order chi connectivity index (χ1) is 8.84. The molecule has 1 aromatic rings. The first-order valence-electron chi connectivity index (χ1n) is 6.00. The van der Waals surface area contributed by atoms with E-state index in [1.54, 1.807) is 19.4 Å². The summed E-state index contributed by atoms with van der Waals surface area (Å²) in [4.78, 5) is 17.6. The Kier molecular flexibility index (Phi) is 3.33. The minimum atomic E-state index is -0.776. The Labute approximate surface area is 116 Å². The molecule has 1 unspecified atom stereocenters. The summed E-state index contributed by atoms with van der Waals surface area (Å²) >= 11 is 1.53. The third-order valence-electron chi connectivity index (χ3n) is 3.41. The van der Waals surface area contributed by atoms with Crippen molar-refractivity contribution in [1.82, 2.24) is 4.98 Å². The number of carbonyl (C=O) groups excluding carboxylic acids is 1. The second-order valence-electron chi connectivity index (χ2n) is 5.43. The Morgan fingerprint density at radius 3 is 2.68 bits per heavy atom. The van der Waals surface area contributed by atoms with Gasteiger partial charge in [0.25, 0.3) is 0 Å². The highest BCUT2D eigenvalue weighted by atomic mass is 32.1. The molecule has 0 fully saturated rings. The molecule has 2 rings (SSSR count). The van der Waals surface area contributed by atoms with Crippen molar-refractivity contribution < 1.29 is 9.53 Å². The standard InChI is InChI=1S/C14H16N2O2S/c1-9-7-16-12(19-9)14(18-4)5-10(6-15)11(17)13(2,3)8-14/h5,7H,8H2,1-4H3. The maximum atomic E-state index is 12.2. The van der Waals surface area contributed by atoms with Crippen molar-refractivity contribution in [2.75, 3.05) is 7.11 Å². The quantitative estimate of drug-likeness (QED) is 0.833. The van der Waals surface area contributed by atoms with Gasteiger partial charge < -0.3 is 4.74 Å². The Bertz CT molecular complexity index is 595. The largest absolute Gasteiger partial charge is 0.367 e. The SMILES string of the molecule is COC1(c2ncc(C)s2)C=C(C#N)C(=O)C(C)(C)C1. The summed E-state index contributed by atoms with van der Waals surface area (Å²) in [6.07, 6.45) is 3.90. The first-order valence-corrected chi connectivity index (χ1v) is 6.82. The minimum absolute atomic E-state index is 0.129. The van der Waals surface area contributed by atoms with E-state index in [1.165, 1.54) is 11.3 Å². The average Bonchev–Trinajstić information content (AvgIpc) is 2.80. The summed E-state index contributed by atoms with van der Waals surface area (Å²) in [5.41, 5.74) is -1.25. The number of Topliss-reactive ketones (excluding diaryl/α,β-unsaturated/α-hetero) is 1. The summed E-state index contributed by atoms with van der Waals surface area (Å²) in [6.45, 7) is 5.65. The van der Waals surface area contributed by atoms with Crippen LogP contribution in [0.5, 0.6) is 0 Å². The van der Waals surface area contributed by atoms with Crippen LogP contribution in [0, 0.1) is 23.7 Å². The molecule has 0 aromatic carbocycles. The normalized spacial score (nSPS) is 25.8. The molecule has 1 aliphatic rings. The summed E-state index contributed by atoms with van der Waals surface area (Å²) in [6, 6.07) is 1.98. The predicted molar refractivity (Wildman–Crippen MR) is 72.6 cm³/mol. The lowest BCUT2D eigenvalue weighted by Gasteiger charge is -2.38. The highest BCUT2D eigenvalue weighted by Gasteiger charge is 2.47. The van der Waals surface area contributed by atoms with Gasteiger partial charge in [-0.2, -0.15) is 5.26 Å². The molecule has 0 spiro atoms. The molecular weight excluding hydrogens is 260 g/mol. The smallest absolute Gasteiger partial charge is 0.178 e. The number of ketones is 1. The van der Waals surface area contributed by atoms with Gasteiger partial charge in [-0.05, 0) is 19.4 Å². The highest BCUT2D eigenvalue weighted by molar-refractivity contribution is 7.11. The number of methoxy groups -OCH3 is 1. The highest BCUT2D eigenvalue weighted by Crippen LogP contribution is 2.46. The average molecular weight is 276 g/mol. The van der Waals surface area contributed by atoms with Crippen LogP contribution in [-0.4, -0.2) is 17.9 Å². The van der Waals surface area contributed by atoms with Crippen LogP contribution >= 0.6 is 11.3 Å². The molecule has 0 saturated heterocycles. The molecule has 100 valence electrons. The number of nitriles is 1. The van der Waals surface area contributed by atoms with Crippen LogP contribution in [0.1, 0.15) is 30.2 Å². The van der Waals surface area contributed by atoms with Gasteiger partial charge >= 0.3 is 0 Å². The molecule has 0 aliphatic heterocycles. The summed E-state index contributed by atoms with van der Waals surface area (Å²) in [5, 5.41) is 9.95. The van der Waals surface area contributed by atoms with E-state index in [9.17, 15) is 4.79 Å². The fourth-order valence-corrected chi connectivity index (χ4v) is 3.34. The van der Waals surface area contributed by atoms with Crippen molar-refractivity contribution >= 4 is 17.1 Å². The van der Waals surface area contributed by atoms with Crippen molar-refractivity contribution in [1.29, 1.82) is 5.26 Å². The molecule has 5 heteroatoms. The lowest BCUT2D eigenvalue weighted by Crippen LogP contribution is -2.42. The molecule has 4 nitrogen and oxygen atoms in total. The van der Waals surface area contributed by atoms with Gasteiger partial charge in [0.15, 0.2) is 5.78 Å². The zero-order valence-electron chi connectivity index (χ0n) is 11.5. The van der Waals surface area contributed by atoms with E-state index in [0.29, 0.717) is 6.42 Å². The van der Waals surface area contributed by atoms with Gasteiger partial charge in [0.05, 0.1) is 5.57 Å². The van der Waals surface area contributed by atoms with Gasteiger partial charge in [0.1, 0.15) is 16.7 Å². The topological polar surface area (TPSA) is 63.0 Å². The van der Waals surface area contributed by atoms with Crippen molar-refractivity contribution in [3.05, 3.63) is 27.7 Å². The second-order valence-corrected chi connectivity index (χ2v) is 6.66. The maximum Gasteiger partial charge on any atom is 0.178 e. The van der Waals surface area contributed by atoms with Crippen LogP contribution in [0.4, 0.5) is 0 Å². The Morgan fingerprint density at radius 2 is 2.21 bits per heavy atom. The fraction of sp³-hybridized carbons (Fsp3) is 0.500. The number of ether oxygens (including phenoxy) is 1. The van der Waals surface area contributed by atoms with Gasteiger partial charge in [-0.25, -0.2) is 4.98 Å². The molecule has 0 radical (unpaired) electrons. The number of hydrogen-bond donors (Lipinski definition) is 0. The number of allylic oxidation sites excluding steroid dienone is 1. The van der Waals surface area contributed by atoms with E-state index in [1.807, 2.05) is 26.8 Å². The monoisotopic (exact) mass is 276 g/mol. The lowest BCUT2D eigenvalue weighted by molar-refractivity contribution is -0.128. The predicted octanol–water partition coefficient (Wildman–Crippen LogP) is 2.74. The van der Waals surface area contributed by atoms with Gasteiger partial charge in [-0.1, -0.05) is 13.8 Å². The third kappa shape index (κ3) is 2.22. The molecule has 19 heavy (non-hydrogen) atoms. The molecule has 1 aliphatic carbocycles. The van der Waals surface area contributed by atoms with Crippen molar-refractivity contribution in [2.24, 2.45) is 5.41 Å². The van der Waals surface area contributed by atoms with Crippen molar-refractivity contribution in [3.8, 4) is 6.07 Å². The van der Waals surface area contributed by atoms with Crippen LogP contribution in [-0.2, 0) is 15.1 Å². The Balaban J connectivity index is 2.61. The van der Waals surface area contributed by atoms with E-state index in [2.05, 4.69) is 4.98 Å². The van der Waals surface area contributed by atoms with E-state index in [4.69, 9.17) is 10.00 Å². The zero-order valence-corrected chi connectivity index (χ0v) is 12.3. The molecule has 0 N–H and O–H groups in total. The molecule has 1 aromatic heterocycles. The van der Waals surface area contributed by atoms with E-state index >= 15 is 0 Å². The van der Waals surface area contributed by atoms with E-state index in [0.717, 1.165) is 9.88 Å². The number of carbonyl (C=O) groups is 1. The van der Waals surface area contributed by atoms with Crippen molar-refractivity contribution in [3.63, 3.8) is 0 Å². The molecule has 1 atom stereocenters. The lowest BCUT2D eigenvalue weighted by atomic mass is 9.70.